The van der Waals surface area contributed by atoms with Gasteiger partial charge in [-0.2, -0.15) is 10.2 Å². The summed E-state index contributed by atoms with van der Waals surface area (Å²) in [5, 5.41) is 30.2. The molecule has 1 fully saturated rings. The Morgan fingerprint density at radius 1 is 0.958 bits per heavy atom. The van der Waals surface area contributed by atoms with Crippen LogP contribution in [0.15, 0.2) is 12.4 Å². The molecule has 2 aromatic rings. The summed E-state index contributed by atoms with van der Waals surface area (Å²) in [5.74, 6) is 0. The van der Waals surface area contributed by atoms with Crippen LogP contribution in [0.4, 0.5) is 0 Å². The Labute approximate surface area is 142 Å². The molecule has 0 amide bonds. The third kappa shape index (κ3) is 3.72. The highest BCUT2D eigenvalue weighted by Gasteiger charge is 2.52. The SMILES string of the molecule is Cc1[nH]ncc1B(O)O.Cc1[nH]ncc1B1OC(C)(C)C(C)(C)O1. The van der Waals surface area contributed by atoms with Gasteiger partial charge in [-0.05, 0) is 41.5 Å². The smallest absolute Gasteiger partial charge is 0.423 e. The molecule has 130 valence electrons. The standard InChI is InChI=1S/C10H17BN2O2.C4H7BN2O2/c1-7-8(6-12-13-7)11-14-9(2,3)10(4,5)15-11;1-3-4(5(8)9)2-6-7-3/h6H,1-5H3,(H,12,13);2,8-9H,1H3,(H,6,7). The van der Waals surface area contributed by atoms with E-state index < -0.39 is 7.12 Å². The number of aryl methyl sites for hydroxylation is 2. The normalized spacial score (nSPS) is 18.2. The highest BCUT2D eigenvalue weighted by atomic mass is 16.7. The molecule has 2 aromatic heterocycles. The molecule has 0 aliphatic carbocycles. The van der Waals surface area contributed by atoms with Gasteiger partial charge >= 0.3 is 14.2 Å². The van der Waals surface area contributed by atoms with Gasteiger partial charge in [0.25, 0.3) is 0 Å². The zero-order valence-corrected chi connectivity index (χ0v) is 14.9. The number of hydrogen-bond donors (Lipinski definition) is 4. The predicted octanol–water partition coefficient (Wildman–Crippen LogP) is -0.585. The van der Waals surface area contributed by atoms with Gasteiger partial charge in [0.2, 0.25) is 0 Å². The van der Waals surface area contributed by atoms with Gasteiger partial charge in [-0.15, -0.1) is 0 Å². The molecule has 8 nitrogen and oxygen atoms in total. The van der Waals surface area contributed by atoms with Gasteiger partial charge in [0.05, 0.1) is 11.2 Å². The maximum absolute atomic E-state index is 8.59. The van der Waals surface area contributed by atoms with Crippen molar-refractivity contribution >= 4 is 25.2 Å². The molecular weight excluding hydrogens is 310 g/mol. The van der Waals surface area contributed by atoms with Crippen LogP contribution in [0, 0.1) is 13.8 Å². The molecule has 1 saturated heterocycles. The highest BCUT2D eigenvalue weighted by molar-refractivity contribution is 6.62. The summed E-state index contributed by atoms with van der Waals surface area (Å²) in [6, 6.07) is 0. The lowest BCUT2D eigenvalue weighted by atomic mass is 9.79. The first kappa shape index (κ1) is 18.7. The number of hydrogen-bond acceptors (Lipinski definition) is 6. The lowest BCUT2D eigenvalue weighted by Gasteiger charge is -2.32. The first-order valence-corrected chi connectivity index (χ1v) is 7.76. The van der Waals surface area contributed by atoms with Crippen molar-refractivity contribution in [1.82, 2.24) is 20.4 Å². The van der Waals surface area contributed by atoms with Gasteiger partial charge in [0.1, 0.15) is 0 Å². The molecule has 0 unspecified atom stereocenters. The van der Waals surface area contributed by atoms with Gasteiger partial charge in [-0.1, -0.05) is 0 Å². The number of nitrogens with zero attached hydrogens (tertiary/aromatic N) is 2. The zero-order chi connectivity index (χ0) is 18.1. The van der Waals surface area contributed by atoms with E-state index >= 15 is 0 Å². The van der Waals surface area contributed by atoms with Crippen molar-refractivity contribution in [2.24, 2.45) is 0 Å². The van der Waals surface area contributed by atoms with Gasteiger partial charge in [0, 0.05) is 34.7 Å². The van der Waals surface area contributed by atoms with Crippen molar-refractivity contribution in [3.8, 4) is 0 Å². The Kier molecular flexibility index (Phi) is 5.24. The molecule has 0 saturated carbocycles. The lowest BCUT2D eigenvalue weighted by molar-refractivity contribution is 0.00578. The Morgan fingerprint density at radius 3 is 1.79 bits per heavy atom. The maximum atomic E-state index is 8.59. The summed E-state index contributed by atoms with van der Waals surface area (Å²) >= 11 is 0. The molecule has 3 heterocycles. The first-order valence-electron chi connectivity index (χ1n) is 7.76. The van der Waals surface area contributed by atoms with E-state index in [9.17, 15) is 0 Å². The van der Waals surface area contributed by atoms with Gasteiger partial charge in [-0.3, -0.25) is 10.2 Å². The molecule has 4 N–H and O–H groups in total. The van der Waals surface area contributed by atoms with E-state index in [1.165, 1.54) is 6.20 Å². The average molecular weight is 334 g/mol. The number of aromatic nitrogens is 4. The second-order valence-electron chi connectivity index (χ2n) is 6.86. The summed E-state index contributed by atoms with van der Waals surface area (Å²) in [4.78, 5) is 0. The Morgan fingerprint density at radius 2 is 1.46 bits per heavy atom. The Balaban J connectivity index is 0.000000198. The molecule has 0 bridgehead atoms. The topological polar surface area (TPSA) is 116 Å². The van der Waals surface area contributed by atoms with Crippen LogP contribution < -0.4 is 10.9 Å². The molecule has 10 heteroatoms. The molecule has 0 spiro atoms. The van der Waals surface area contributed by atoms with Crippen LogP contribution in [0.25, 0.3) is 0 Å². The average Bonchev–Trinajstić information content (AvgIpc) is 3.10. The summed E-state index contributed by atoms with van der Waals surface area (Å²) in [5.41, 5.74) is 2.50. The zero-order valence-electron chi connectivity index (χ0n) is 14.9. The molecule has 0 aromatic carbocycles. The monoisotopic (exact) mass is 334 g/mol. The molecule has 0 radical (unpaired) electrons. The highest BCUT2D eigenvalue weighted by Crippen LogP contribution is 2.36. The van der Waals surface area contributed by atoms with E-state index in [-0.39, 0.29) is 18.3 Å². The fraction of sp³-hybridized carbons (Fsp3) is 0.571. The van der Waals surface area contributed by atoms with E-state index in [1.54, 1.807) is 13.1 Å². The lowest BCUT2D eigenvalue weighted by Crippen LogP contribution is -2.41. The van der Waals surface area contributed by atoms with E-state index in [2.05, 4.69) is 20.4 Å². The van der Waals surface area contributed by atoms with Crippen molar-refractivity contribution in [2.75, 3.05) is 0 Å². The van der Waals surface area contributed by atoms with Crippen molar-refractivity contribution in [3.63, 3.8) is 0 Å². The molecule has 24 heavy (non-hydrogen) atoms. The Hall–Kier alpha value is -1.61. The van der Waals surface area contributed by atoms with Crippen molar-refractivity contribution in [3.05, 3.63) is 23.8 Å². The molecular formula is C14H24B2N4O4. The van der Waals surface area contributed by atoms with Crippen molar-refractivity contribution in [1.29, 1.82) is 0 Å². The van der Waals surface area contributed by atoms with E-state index in [0.29, 0.717) is 11.2 Å². The second kappa shape index (κ2) is 6.72. The van der Waals surface area contributed by atoms with Crippen LogP contribution in [0.5, 0.6) is 0 Å². The minimum absolute atomic E-state index is 0.290. The fourth-order valence-corrected chi connectivity index (χ4v) is 2.19. The first-order chi connectivity index (χ1) is 11.0. The fourth-order valence-electron chi connectivity index (χ4n) is 2.19. The van der Waals surface area contributed by atoms with E-state index in [4.69, 9.17) is 19.4 Å². The predicted molar refractivity (Wildman–Crippen MR) is 92.2 cm³/mol. The van der Waals surface area contributed by atoms with Crippen LogP contribution >= 0.6 is 0 Å². The maximum Gasteiger partial charge on any atom is 0.498 e. The van der Waals surface area contributed by atoms with E-state index in [0.717, 1.165) is 11.2 Å². The number of H-pyrrole nitrogens is 2. The third-order valence-corrected chi connectivity index (χ3v) is 4.52. The van der Waals surface area contributed by atoms with E-state index in [1.807, 2.05) is 34.6 Å². The van der Waals surface area contributed by atoms with Crippen molar-refractivity contribution < 1.29 is 19.4 Å². The number of rotatable bonds is 2. The van der Waals surface area contributed by atoms with Crippen LogP contribution in [-0.4, -0.2) is 55.9 Å². The largest absolute Gasteiger partial charge is 0.498 e. The van der Waals surface area contributed by atoms with Crippen LogP contribution in [0.2, 0.25) is 0 Å². The summed E-state index contributed by atoms with van der Waals surface area (Å²) in [6.07, 6.45) is 3.15. The van der Waals surface area contributed by atoms with Gasteiger partial charge < -0.3 is 19.4 Å². The summed E-state index contributed by atoms with van der Waals surface area (Å²) in [7, 11) is -1.72. The van der Waals surface area contributed by atoms with Crippen molar-refractivity contribution in [2.45, 2.75) is 52.7 Å². The molecule has 1 aliphatic heterocycles. The summed E-state index contributed by atoms with van der Waals surface area (Å²) < 4.78 is 11.8. The van der Waals surface area contributed by atoms with Crippen LogP contribution in [0.1, 0.15) is 39.1 Å². The number of aromatic amines is 2. The minimum Gasteiger partial charge on any atom is -0.423 e. The van der Waals surface area contributed by atoms with Crippen LogP contribution in [0.3, 0.4) is 0 Å². The second-order valence-corrected chi connectivity index (χ2v) is 6.86. The third-order valence-electron chi connectivity index (χ3n) is 4.52. The summed E-state index contributed by atoms with van der Waals surface area (Å²) in [6.45, 7) is 11.9. The van der Waals surface area contributed by atoms with Gasteiger partial charge in [0.15, 0.2) is 0 Å². The molecule has 0 atom stereocenters. The number of nitrogens with one attached hydrogen (secondary N) is 2. The minimum atomic E-state index is -1.41. The van der Waals surface area contributed by atoms with Crippen LogP contribution in [-0.2, 0) is 9.31 Å². The Bertz CT molecular complexity index is 668. The molecule has 3 rings (SSSR count). The molecule has 1 aliphatic rings. The quantitative estimate of drug-likeness (QED) is 0.546. The van der Waals surface area contributed by atoms with Gasteiger partial charge in [-0.25, -0.2) is 0 Å².